The van der Waals surface area contributed by atoms with Gasteiger partial charge in [0.25, 0.3) is 0 Å². The van der Waals surface area contributed by atoms with Crippen molar-refractivity contribution in [3.05, 3.63) is 36.0 Å². The highest BCUT2D eigenvalue weighted by Crippen LogP contribution is 2.22. The summed E-state index contributed by atoms with van der Waals surface area (Å²) in [6, 6.07) is 8.62. The van der Waals surface area contributed by atoms with Crippen molar-refractivity contribution in [1.82, 2.24) is 20.3 Å². The van der Waals surface area contributed by atoms with Crippen molar-refractivity contribution < 1.29 is 9.90 Å². The summed E-state index contributed by atoms with van der Waals surface area (Å²) in [6.07, 6.45) is 2.30. The highest BCUT2D eigenvalue weighted by molar-refractivity contribution is 5.73. The normalized spacial score (nSPS) is 21.1. The van der Waals surface area contributed by atoms with E-state index >= 15 is 0 Å². The molecule has 2 unspecified atom stereocenters. The Labute approximate surface area is 120 Å². The molecule has 2 aromatic rings. The van der Waals surface area contributed by atoms with Crippen LogP contribution < -0.4 is 5.32 Å². The van der Waals surface area contributed by atoms with Crippen LogP contribution in [0, 0.1) is 11.3 Å². The maximum atomic E-state index is 10.9. The summed E-state index contributed by atoms with van der Waals surface area (Å²) in [5, 5.41) is 28.9. The van der Waals surface area contributed by atoms with Crippen LogP contribution in [0.15, 0.2) is 30.5 Å². The Hall–Kier alpha value is -2.72. The monoisotopic (exact) mass is 283 g/mol. The molecule has 1 aromatic carbocycles. The number of nitrogens with zero attached hydrogens (tertiary/aromatic N) is 4. The number of nitriles is 1. The Morgan fingerprint density at radius 2 is 2.19 bits per heavy atom. The number of benzene rings is 1. The van der Waals surface area contributed by atoms with Crippen LogP contribution in [0.1, 0.15) is 18.0 Å². The highest BCUT2D eigenvalue weighted by atomic mass is 16.4. The first-order valence-corrected chi connectivity index (χ1v) is 6.56. The average molecular weight is 283 g/mol. The van der Waals surface area contributed by atoms with Crippen molar-refractivity contribution >= 4 is 5.97 Å². The number of rotatable bonds is 3. The smallest absolute Gasteiger partial charge is 0.320 e. The van der Waals surface area contributed by atoms with Gasteiger partial charge in [0.15, 0.2) is 0 Å². The summed E-state index contributed by atoms with van der Waals surface area (Å²) >= 11 is 0. The molecule has 3 rings (SSSR count). The second-order valence-electron chi connectivity index (χ2n) is 4.96. The summed E-state index contributed by atoms with van der Waals surface area (Å²) in [4.78, 5) is 10.9. The number of nitrogens with one attached hydrogen (secondary N) is 1. The molecule has 2 N–H and O–H groups in total. The molecule has 2 atom stereocenters. The summed E-state index contributed by atoms with van der Waals surface area (Å²) in [5.41, 5.74) is 2.18. The third-order valence-electron chi connectivity index (χ3n) is 3.60. The van der Waals surface area contributed by atoms with Crippen molar-refractivity contribution in [3.8, 4) is 17.3 Å². The number of carboxylic acids is 1. The van der Waals surface area contributed by atoms with Crippen molar-refractivity contribution in [2.75, 3.05) is 6.54 Å². The van der Waals surface area contributed by atoms with Crippen LogP contribution in [0.4, 0.5) is 0 Å². The molecule has 1 fully saturated rings. The van der Waals surface area contributed by atoms with Crippen LogP contribution in [-0.2, 0) is 4.79 Å². The van der Waals surface area contributed by atoms with Gasteiger partial charge in [0.2, 0.25) is 0 Å². The van der Waals surface area contributed by atoms with Crippen molar-refractivity contribution in [2.45, 2.75) is 18.5 Å². The first-order chi connectivity index (χ1) is 10.2. The summed E-state index contributed by atoms with van der Waals surface area (Å²) in [6.45, 7) is 0.563. The van der Waals surface area contributed by atoms with E-state index in [9.17, 15) is 4.79 Å². The van der Waals surface area contributed by atoms with E-state index in [2.05, 4.69) is 21.7 Å². The molecule has 1 aliphatic heterocycles. The van der Waals surface area contributed by atoms with Crippen LogP contribution in [0.25, 0.3) is 11.3 Å². The lowest BCUT2D eigenvalue weighted by atomic mass is 10.1. The largest absolute Gasteiger partial charge is 0.480 e. The van der Waals surface area contributed by atoms with Crippen LogP contribution >= 0.6 is 0 Å². The Balaban J connectivity index is 1.77. The molecule has 0 amide bonds. The minimum Gasteiger partial charge on any atom is -0.480 e. The van der Waals surface area contributed by atoms with E-state index in [4.69, 9.17) is 10.4 Å². The van der Waals surface area contributed by atoms with Gasteiger partial charge in [-0.15, -0.1) is 5.10 Å². The fourth-order valence-electron chi connectivity index (χ4n) is 2.41. The molecule has 2 heterocycles. The lowest BCUT2D eigenvalue weighted by Crippen LogP contribution is -2.29. The second kappa shape index (κ2) is 5.34. The summed E-state index contributed by atoms with van der Waals surface area (Å²) in [7, 11) is 0. The topological polar surface area (TPSA) is 104 Å². The number of hydrogen-bond acceptors (Lipinski definition) is 5. The molecule has 1 aromatic heterocycles. The third-order valence-corrected chi connectivity index (χ3v) is 3.60. The van der Waals surface area contributed by atoms with Gasteiger partial charge in [-0.2, -0.15) is 5.26 Å². The predicted molar refractivity (Wildman–Crippen MR) is 73.3 cm³/mol. The maximum absolute atomic E-state index is 10.9. The van der Waals surface area contributed by atoms with E-state index < -0.39 is 12.0 Å². The van der Waals surface area contributed by atoms with Crippen LogP contribution in [0.2, 0.25) is 0 Å². The number of aliphatic carboxylic acids is 1. The molecule has 106 valence electrons. The van der Waals surface area contributed by atoms with E-state index in [1.165, 1.54) is 0 Å². The van der Waals surface area contributed by atoms with Gasteiger partial charge in [0.05, 0.1) is 23.9 Å². The quantitative estimate of drug-likeness (QED) is 0.863. The number of carbonyl (C=O) groups is 1. The average Bonchev–Trinajstić information content (AvgIpc) is 3.16. The lowest BCUT2D eigenvalue weighted by molar-refractivity contribution is -0.139. The number of hydrogen-bond donors (Lipinski definition) is 2. The summed E-state index contributed by atoms with van der Waals surface area (Å²) < 4.78 is 1.70. The molecule has 1 saturated heterocycles. The molecule has 1 aliphatic rings. The zero-order chi connectivity index (χ0) is 14.8. The van der Waals surface area contributed by atoms with Gasteiger partial charge < -0.3 is 10.4 Å². The van der Waals surface area contributed by atoms with Gasteiger partial charge in [-0.25, -0.2) is 4.68 Å². The molecule has 7 nitrogen and oxygen atoms in total. The molecular formula is C14H13N5O2. The molecule has 7 heteroatoms. The number of carboxylic acid groups (broad SMARTS) is 1. The van der Waals surface area contributed by atoms with E-state index in [1.54, 1.807) is 23.0 Å². The molecule has 0 aliphatic carbocycles. The Bertz CT molecular complexity index is 701. The first-order valence-electron chi connectivity index (χ1n) is 6.56. The van der Waals surface area contributed by atoms with E-state index in [-0.39, 0.29) is 6.04 Å². The maximum Gasteiger partial charge on any atom is 0.320 e. The van der Waals surface area contributed by atoms with E-state index in [0.717, 1.165) is 5.56 Å². The molecule has 21 heavy (non-hydrogen) atoms. The van der Waals surface area contributed by atoms with Crippen LogP contribution in [0.5, 0.6) is 0 Å². The zero-order valence-electron chi connectivity index (χ0n) is 11.1. The molecule has 0 radical (unpaired) electrons. The van der Waals surface area contributed by atoms with Gasteiger partial charge in [-0.1, -0.05) is 17.3 Å². The Kier molecular flexibility index (Phi) is 3.38. The van der Waals surface area contributed by atoms with E-state index in [0.29, 0.717) is 24.2 Å². The predicted octanol–water partition coefficient (Wildman–Crippen LogP) is 0.804. The third kappa shape index (κ3) is 2.61. The van der Waals surface area contributed by atoms with Gasteiger partial charge in [-0.05, 0) is 18.6 Å². The van der Waals surface area contributed by atoms with Gasteiger partial charge in [-0.3, -0.25) is 4.79 Å². The minimum absolute atomic E-state index is 0.00858. The minimum atomic E-state index is -0.843. The Morgan fingerprint density at radius 3 is 2.81 bits per heavy atom. The highest BCUT2D eigenvalue weighted by Gasteiger charge is 2.30. The zero-order valence-corrected chi connectivity index (χ0v) is 11.1. The standard InChI is InChI=1S/C14H13N5O2/c15-6-9-1-3-10(4-2-9)13-8-19(18-17-13)11-5-12(14(20)21)16-7-11/h1-4,8,11-12,16H,5,7H2,(H,20,21). The van der Waals surface area contributed by atoms with Crippen molar-refractivity contribution in [1.29, 1.82) is 5.26 Å². The van der Waals surface area contributed by atoms with Crippen LogP contribution in [0.3, 0.4) is 0 Å². The van der Waals surface area contributed by atoms with Gasteiger partial charge in [0.1, 0.15) is 11.7 Å². The fraction of sp³-hybridized carbons (Fsp3) is 0.286. The molecule has 0 spiro atoms. The second-order valence-corrected chi connectivity index (χ2v) is 4.96. The summed E-state index contributed by atoms with van der Waals surface area (Å²) in [5.74, 6) is -0.843. The van der Waals surface area contributed by atoms with Crippen molar-refractivity contribution in [3.63, 3.8) is 0 Å². The SMILES string of the molecule is N#Cc1ccc(-c2cn(C3CNC(C(=O)O)C3)nn2)cc1. The van der Waals surface area contributed by atoms with Gasteiger partial charge in [0, 0.05) is 12.1 Å². The van der Waals surface area contributed by atoms with Crippen LogP contribution in [-0.4, -0.2) is 38.7 Å². The molecule has 0 saturated carbocycles. The van der Waals surface area contributed by atoms with Crippen molar-refractivity contribution in [2.24, 2.45) is 0 Å². The van der Waals surface area contributed by atoms with Gasteiger partial charge >= 0.3 is 5.97 Å². The molecule has 0 bridgehead atoms. The lowest BCUT2D eigenvalue weighted by Gasteiger charge is -2.07. The molecular weight excluding hydrogens is 270 g/mol. The number of aromatic nitrogens is 3. The first kappa shape index (κ1) is 13.3. The Morgan fingerprint density at radius 1 is 1.43 bits per heavy atom. The fourth-order valence-corrected chi connectivity index (χ4v) is 2.41. The van der Waals surface area contributed by atoms with E-state index in [1.807, 2.05) is 12.1 Å².